The van der Waals surface area contributed by atoms with Gasteiger partial charge < -0.3 is 20.1 Å². The van der Waals surface area contributed by atoms with Gasteiger partial charge in [-0.05, 0) is 74.6 Å². The van der Waals surface area contributed by atoms with E-state index < -0.39 is 0 Å². The van der Waals surface area contributed by atoms with E-state index >= 15 is 0 Å². The summed E-state index contributed by atoms with van der Waals surface area (Å²) in [6.45, 7) is 4.71. The zero-order chi connectivity index (χ0) is 23.5. The van der Waals surface area contributed by atoms with Crippen LogP contribution >= 0.6 is 0 Å². The molecule has 2 N–H and O–H groups in total. The number of nitrogens with zero attached hydrogens (tertiary/aromatic N) is 3. The molecular formula is C28H32N4O3. The van der Waals surface area contributed by atoms with Crippen molar-refractivity contribution in [2.75, 3.05) is 23.3 Å². The van der Waals surface area contributed by atoms with Crippen molar-refractivity contribution < 1.29 is 14.6 Å². The SMILES string of the molecule is CC(=O)Nc1cc(O)c2c3c1C[C@@H]1[C@@H]4CC[C@@H](N5Cc6ncccc65)[C@H](O2)[C@]34CCN1CC1CC1. The van der Waals surface area contributed by atoms with Gasteiger partial charge in [-0.3, -0.25) is 14.7 Å². The van der Waals surface area contributed by atoms with Gasteiger partial charge in [-0.1, -0.05) is 0 Å². The summed E-state index contributed by atoms with van der Waals surface area (Å²) in [5, 5.41) is 14.2. The second-order valence-electron chi connectivity index (χ2n) is 11.7. The molecule has 8 rings (SSSR count). The zero-order valence-electron chi connectivity index (χ0n) is 20.2. The van der Waals surface area contributed by atoms with Crippen molar-refractivity contribution in [2.45, 2.75) is 75.6 Å². The lowest BCUT2D eigenvalue weighted by Gasteiger charge is -2.61. The smallest absolute Gasteiger partial charge is 0.221 e. The third-order valence-corrected chi connectivity index (χ3v) is 9.93. The predicted octanol–water partition coefficient (Wildman–Crippen LogP) is 3.58. The predicted molar refractivity (Wildman–Crippen MR) is 132 cm³/mol. The summed E-state index contributed by atoms with van der Waals surface area (Å²) in [7, 11) is 0. The van der Waals surface area contributed by atoms with E-state index in [2.05, 4.69) is 26.2 Å². The normalized spacial score (nSPS) is 33.9. The summed E-state index contributed by atoms with van der Waals surface area (Å²) in [6.07, 6.45) is 8.86. The fourth-order valence-electron chi connectivity index (χ4n) is 8.43. The first-order chi connectivity index (χ1) is 17.0. The Morgan fingerprint density at radius 1 is 1.29 bits per heavy atom. The van der Waals surface area contributed by atoms with Crippen LogP contribution in [-0.2, 0) is 23.2 Å². The lowest BCUT2D eigenvalue weighted by atomic mass is 9.50. The Hall–Kier alpha value is -2.80. The van der Waals surface area contributed by atoms with Crippen molar-refractivity contribution in [1.82, 2.24) is 9.88 Å². The monoisotopic (exact) mass is 472 g/mol. The molecule has 2 saturated carbocycles. The first-order valence-electron chi connectivity index (χ1n) is 13.3. The molecule has 182 valence electrons. The standard InChI is InChI=1S/C28H32N4O3/c1-15(33)30-19-12-24(34)26-25-17(19)11-23-18-6-7-22(32-14-20-21(32)3-2-9-29-20)27(35-26)28(18,25)8-10-31(23)13-16-4-5-16/h2-3,9,12,16,18,22-23,27,34H,4-8,10-11,13-14H2,1H3,(H,30,33)/t18-,22+,23+,27-,28-/m0/s1. The maximum atomic E-state index is 12.1. The maximum Gasteiger partial charge on any atom is 0.221 e. The Kier molecular flexibility index (Phi) is 4.02. The van der Waals surface area contributed by atoms with Crippen LogP contribution in [0.25, 0.3) is 0 Å². The van der Waals surface area contributed by atoms with Crippen molar-refractivity contribution >= 4 is 17.3 Å². The van der Waals surface area contributed by atoms with Gasteiger partial charge >= 0.3 is 0 Å². The fraction of sp³-hybridized carbons (Fsp3) is 0.571. The summed E-state index contributed by atoms with van der Waals surface area (Å²) < 4.78 is 6.84. The molecule has 3 aliphatic carbocycles. The highest BCUT2D eigenvalue weighted by molar-refractivity contribution is 5.91. The number of phenolic OH excluding ortho intramolecular Hbond substituents is 1. The average molecular weight is 473 g/mol. The van der Waals surface area contributed by atoms with Crippen molar-refractivity contribution in [2.24, 2.45) is 11.8 Å². The van der Waals surface area contributed by atoms with Gasteiger partial charge in [0.15, 0.2) is 11.5 Å². The molecule has 7 nitrogen and oxygen atoms in total. The van der Waals surface area contributed by atoms with Gasteiger partial charge in [-0.25, -0.2) is 0 Å². The number of ether oxygens (including phenoxy) is 1. The number of likely N-dealkylation sites (tertiary alicyclic amines) is 1. The summed E-state index contributed by atoms with van der Waals surface area (Å²) in [4.78, 5) is 21.9. The molecule has 0 unspecified atom stereocenters. The Labute approximate surface area is 205 Å². The van der Waals surface area contributed by atoms with E-state index in [1.807, 2.05) is 12.3 Å². The average Bonchev–Trinajstić information content (AvgIpc) is 3.56. The highest BCUT2D eigenvalue weighted by atomic mass is 16.5. The minimum atomic E-state index is -0.111. The van der Waals surface area contributed by atoms with Crippen LogP contribution in [0.2, 0.25) is 0 Å². The number of benzene rings is 1. The van der Waals surface area contributed by atoms with E-state index in [0.717, 1.165) is 44.0 Å². The molecule has 5 atom stereocenters. The minimum absolute atomic E-state index is 0.00714. The summed E-state index contributed by atoms with van der Waals surface area (Å²) in [5.41, 5.74) is 5.46. The lowest BCUT2D eigenvalue weighted by Crippen LogP contribution is -2.69. The number of nitrogens with one attached hydrogen (secondary N) is 1. The van der Waals surface area contributed by atoms with Crippen molar-refractivity contribution in [3.8, 4) is 11.5 Å². The minimum Gasteiger partial charge on any atom is -0.504 e. The second-order valence-corrected chi connectivity index (χ2v) is 11.7. The number of rotatable bonds is 4. The topological polar surface area (TPSA) is 77.9 Å². The van der Waals surface area contributed by atoms with Crippen LogP contribution in [-0.4, -0.2) is 52.2 Å². The van der Waals surface area contributed by atoms with Gasteiger partial charge in [0.05, 0.1) is 24.0 Å². The third kappa shape index (κ3) is 2.65. The highest BCUT2D eigenvalue weighted by Gasteiger charge is 2.67. The van der Waals surface area contributed by atoms with Crippen LogP contribution in [0.4, 0.5) is 11.4 Å². The lowest BCUT2D eigenvalue weighted by molar-refractivity contribution is -0.114. The summed E-state index contributed by atoms with van der Waals surface area (Å²) in [5.74, 6) is 2.12. The molecule has 1 saturated heterocycles. The number of fused-ring (bicyclic) bond motifs is 1. The van der Waals surface area contributed by atoms with E-state index in [-0.39, 0.29) is 29.2 Å². The maximum absolute atomic E-state index is 12.1. The van der Waals surface area contributed by atoms with Gasteiger partial charge in [-0.2, -0.15) is 0 Å². The van der Waals surface area contributed by atoms with E-state index in [1.165, 1.54) is 48.3 Å². The van der Waals surface area contributed by atoms with E-state index in [4.69, 9.17) is 4.74 Å². The molecule has 1 aromatic carbocycles. The molecule has 1 aromatic heterocycles. The first kappa shape index (κ1) is 20.4. The third-order valence-electron chi connectivity index (χ3n) is 9.93. The zero-order valence-corrected chi connectivity index (χ0v) is 20.2. The number of carbonyl (C=O) groups is 1. The van der Waals surface area contributed by atoms with Crippen LogP contribution in [0.3, 0.4) is 0 Å². The number of phenols is 1. The molecule has 2 aromatic rings. The number of piperidine rings is 1. The number of amides is 1. The molecule has 1 amide bonds. The Morgan fingerprint density at radius 2 is 2.17 bits per heavy atom. The quantitative estimate of drug-likeness (QED) is 0.708. The van der Waals surface area contributed by atoms with Gasteiger partial charge in [0.2, 0.25) is 5.91 Å². The largest absolute Gasteiger partial charge is 0.504 e. The van der Waals surface area contributed by atoms with Gasteiger partial charge in [0.25, 0.3) is 0 Å². The van der Waals surface area contributed by atoms with Gasteiger partial charge in [0.1, 0.15) is 6.10 Å². The van der Waals surface area contributed by atoms with Crippen molar-refractivity contribution in [1.29, 1.82) is 0 Å². The first-order valence-corrected chi connectivity index (χ1v) is 13.3. The van der Waals surface area contributed by atoms with Crippen LogP contribution in [0, 0.1) is 11.8 Å². The second kappa shape index (κ2) is 6.90. The Bertz CT molecular complexity index is 1260. The van der Waals surface area contributed by atoms with Crippen molar-refractivity contribution in [3.63, 3.8) is 0 Å². The molecule has 7 heteroatoms. The number of aromatic hydroxyl groups is 1. The van der Waals surface area contributed by atoms with Gasteiger partial charge in [0, 0.05) is 48.4 Å². The van der Waals surface area contributed by atoms with E-state index in [0.29, 0.717) is 17.7 Å². The van der Waals surface area contributed by atoms with Crippen LogP contribution in [0.1, 0.15) is 55.8 Å². The van der Waals surface area contributed by atoms with Crippen LogP contribution < -0.4 is 15.0 Å². The summed E-state index contributed by atoms with van der Waals surface area (Å²) in [6, 6.07) is 6.66. The molecule has 4 heterocycles. The van der Waals surface area contributed by atoms with Gasteiger partial charge in [-0.15, -0.1) is 0 Å². The van der Waals surface area contributed by atoms with E-state index in [9.17, 15) is 9.90 Å². The molecule has 35 heavy (non-hydrogen) atoms. The number of hydrogen-bond donors (Lipinski definition) is 2. The Morgan fingerprint density at radius 3 is 2.97 bits per heavy atom. The Balaban J connectivity index is 1.27. The highest BCUT2D eigenvalue weighted by Crippen LogP contribution is 2.66. The van der Waals surface area contributed by atoms with Crippen LogP contribution in [0.15, 0.2) is 24.4 Å². The molecule has 6 aliphatic rings. The molecule has 3 fully saturated rings. The number of hydrogen-bond acceptors (Lipinski definition) is 6. The van der Waals surface area contributed by atoms with Crippen LogP contribution in [0.5, 0.6) is 11.5 Å². The number of pyridine rings is 1. The number of aromatic nitrogens is 1. The molecule has 3 aliphatic heterocycles. The number of anilines is 2. The fourth-order valence-corrected chi connectivity index (χ4v) is 8.43. The molecule has 0 radical (unpaired) electrons. The summed E-state index contributed by atoms with van der Waals surface area (Å²) >= 11 is 0. The molecule has 2 bridgehead atoms. The molecule has 1 spiro atoms. The van der Waals surface area contributed by atoms with E-state index in [1.54, 1.807) is 13.0 Å². The number of carbonyl (C=O) groups excluding carboxylic acids is 1. The van der Waals surface area contributed by atoms with Crippen molar-refractivity contribution in [3.05, 3.63) is 41.2 Å². The molecular weight excluding hydrogens is 440 g/mol.